The number of anilines is 2. The number of nitrogens with one attached hydrogen (secondary N) is 1. The van der Waals surface area contributed by atoms with E-state index >= 15 is 0 Å². The molecule has 0 aromatic heterocycles. The lowest BCUT2D eigenvalue weighted by atomic mass is 10.2. The van der Waals surface area contributed by atoms with Crippen LogP contribution in [-0.2, 0) is 4.79 Å². The lowest BCUT2D eigenvalue weighted by Crippen LogP contribution is -2.24. The summed E-state index contributed by atoms with van der Waals surface area (Å²) in [5, 5.41) is 11.7. The number of carbonyl (C=O) groups excluding carboxylic acids is 1. The molecule has 5 nitrogen and oxygen atoms in total. The molecular formula is C14H22N2O3S. The summed E-state index contributed by atoms with van der Waals surface area (Å²) in [6.07, 6.45) is 0.674. The molecular weight excluding hydrogens is 276 g/mol. The Morgan fingerprint density at radius 3 is 2.75 bits per heavy atom. The Labute approximate surface area is 123 Å². The van der Waals surface area contributed by atoms with Crippen LogP contribution in [0.3, 0.4) is 0 Å². The molecule has 20 heavy (non-hydrogen) atoms. The van der Waals surface area contributed by atoms with Crippen molar-refractivity contribution in [3.05, 3.63) is 18.2 Å². The average Bonchev–Trinajstić information content (AvgIpc) is 2.41. The van der Waals surface area contributed by atoms with Gasteiger partial charge in [-0.25, -0.2) is 0 Å². The first-order chi connectivity index (χ1) is 9.47. The zero-order valence-corrected chi connectivity index (χ0v) is 12.9. The standard InChI is InChI=1S/C14H22N2O3S/c1-9(6-7-17)20-10(2)14(18)16-13-5-4-11(19-3)8-12(13)15/h4-5,8-10,17H,6-7,15H2,1-3H3,(H,16,18). The number of benzene rings is 1. The maximum absolute atomic E-state index is 12.1. The second-order valence-electron chi connectivity index (χ2n) is 4.54. The van der Waals surface area contributed by atoms with Crippen molar-refractivity contribution in [2.45, 2.75) is 30.8 Å². The number of methoxy groups -OCH3 is 1. The minimum atomic E-state index is -0.210. The summed E-state index contributed by atoms with van der Waals surface area (Å²) in [4.78, 5) is 12.1. The van der Waals surface area contributed by atoms with Gasteiger partial charge in [0, 0.05) is 17.9 Å². The molecule has 0 saturated carbocycles. The highest BCUT2D eigenvalue weighted by Gasteiger charge is 2.17. The molecule has 0 bridgehead atoms. The van der Waals surface area contributed by atoms with Gasteiger partial charge in [0.1, 0.15) is 5.75 Å². The van der Waals surface area contributed by atoms with Gasteiger partial charge in [-0.3, -0.25) is 4.79 Å². The fourth-order valence-electron chi connectivity index (χ4n) is 1.68. The van der Waals surface area contributed by atoms with Crippen LogP contribution in [0.5, 0.6) is 5.75 Å². The first-order valence-corrected chi connectivity index (χ1v) is 7.43. The number of ether oxygens (including phenoxy) is 1. The van der Waals surface area contributed by atoms with Crippen LogP contribution in [0, 0.1) is 0 Å². The molecule has 1 amide bonds. The average molecular weight is 298 g/mol. The molecule has 0 saturated heterocycles. The number of aliphatic hydroxyl groups is 1. The smallest absolute Gasteiger partial charge is 0.237 e. The van der Waals surface area contributed by atoms with Gasteiger partial charge >= 0.3 is 0 Å². The normalized spacial score (nSPS) is 13.6. The Morgan fingerprint density at radius 1 is 1.50 bits per heavy atom. The minimum absolute atomic E-state index is 0.100. The Kier molecular flexibility index (Phi) is 6.67. The van der Waals surface area contributed by atoms with E-state index in [4.69, 9.17) is 15.6 Å². The molecule has 0 aliphatic carbocycles. The second-order valence-corrected chi connectivity index (χ2v) is 6.33. The summed E-state index contributed by atoms with van der Waals surface area (Å²) in [6, 6.07) is 5.14. The zero-order valence-electron chi connectivity index (χ0n) is 12.1. The molecule has 112 valence electrons. The fraction of sp³-hybridized carbons (Fsp3) is 0.500. The van der Waals surface area contributed by atoms with Crippen molar-refractivity contribution in [3.8, 4) is 5.75 Å². The van der Waals surface area contributed by atoms with E-state index in [2.05, 4.69) is 5.32 Å². The van der Waals surface area contributed by atoms with Crippen LogP contribution in [0.25, 0.3) is 0 Å². The summed E-state index contributed by atoms with van der Waals surface area (Å²) in [5.74, 6) is 0.552. The molecule has 0 heterocycles. The first-order valence-electron chi connectivity index (χ1n) is 6.48. The van der Waals surface area contributed by atoms with Crippen LogP contribution < -0.4 is 15.8 Å². The predicted molar refractivity (Wildman–Crippen MR) is 84.3 cm³/mol. The molecule has 2 unspecified atom stereocenters. The third-order valence-corrected chi connectivity index (χ3v) is 4.18. The molecule has 6 heteroatoms. The highest BCUT2D eigenvalue weighted by molar-refractivity contribution is 8.01. The van der Waals surface area contributed by atoms with Crippen LogP contribution in [-0.4, -0.2) is 35.2 Å². The molecule has 0 fully saturated rings. The Morgan fingerprint density at radius 2 is 2.20 bits per heavy atom. The number of thioether (sulfide) groups is 1. The topological polar surface area (TPSA) is 84.6 Å². The van der Waals surface area contributed by atoms with Crippen molar-refractivity contribution in [3.63, 3.8) is 0 Å². The molecule has 1 aromatic carbocycles. The van der Waals surface area contributed by atoms with E-state index in [1.54, 1.807) is 25.3 Å². The van der Waals surface area contributed by atoms with Crippen molar-refractivity contribution in [1.82, 2.24) is 0 Å². The number of nitrogen functional groups attached to an aromatic ring is 1. The number of rotatable bonds is 7. The molecule has 0 spiro atoms. The van der Waals surface area contributed by atoms with Gasteiger partial charge in [0.2, 0.25) is 5.91 Å². The van der Waals surface area contributed by atoms with E-state index in [1.165, 1.54) is 11.8 Å². The predicted octanol–water partition coefficient (Wildman–Crippen LogP) is 2.11. The van der Waals surface area contributed by atoms with Gasteiger partial charge in [0.05, 0.1) is 23.7 Å². The van der Waals surface area contributed by atoms with Crippen LogP contribution in [0.15, 0.2) is 18.2 Å². The lowest BCUT2D eigenvalue weighted by Gasteiger charge is -2.17. The van der Waals surface area contributed by atoms with Crippen LogP contribution in [0.2, 0.25) is 0 Å². The van der Waals surface area contributed by atoms with E-state index in [1.807, 2.05) is 13.8 Å². The highest BCUT2D eigenvalue weighted by Crippen LogP contribution is 2.26. The number of aliphatic hydroxyl groups excluding tert-OH is 1. The van der Waals surface area contributed by atoms with Gasteiger partial charge in [0.15, 0.2) is 0 Å². The molecule has 2 atom stereocenters. The number of carbonyl (C=O) groups is 1. The number of hydrogen-bond donors (Lipinski definition) is 3. The number of hydrogen-bond acceptors (Lipinski definition) is 5. The van der Waals surface area contributed by atoms with Crippen molar-refractivity contribution in [1.29, 1.82) is 0 Å². The maximum Gasteiger partial charge on any atom is 0.237 e. The van der Waals surface area contributed by atoms with Crippen molar-refractivity contribution in [2.24, 2.45) is 0 Å². The second kappa shape index (κ2) is 8.01. The first kappa shape index (κ1) is 16.7. The monoisotopic (exact) mass is 298 g/mol. The van der Waals surface area contributed by atoms with Gasteiger partial charge in [-0.1, -0.05) is 6.92 Å². The van der Waals surface area contributed by atoms with Crippen LogP contribution in [0.4, 0.5) is 11.4 Å². The highest BCUT2D eigenvalue weighted by atomic mass is 32.2. The van der Waals surface area contributed by atoms with Gasteiger partial charge in [-0.05, 0) is 25.5 Å². The molecule has 0 aliphatic rings. The van der Waals surface area contributed by atoms with Gasteiger partial charge in [0.25, 0.3) is 0 Å². The number of amides is 1. The van der Waals surface area contributed by atoms with Gasteiger partial charge in [-0.15, -0.1) is 11.8 Å². The molecule has 1 aromatic rings. The fourth-order valence-corrected chi connectivity index (χ4v) is 2.80. The van der Waals surface area contributed by atoms with Gasteiger partial charge in [-0.2, -0.15) is 0 Å². The van der Waals surface area contributed by atoms with Crippen molar-refractivity contribution in [2.75, 3.05) is 24.8 Å². The SMILES string of the molecule is COc1ccc(NC(=O)C(C)SC(C)CCO)c(N)c1. The summed E-state index contributed by atoms with van der Waals surface area (Å²) in [5.41, 5.74) is 6.91. The summed E-state index contributed by atoms with van der Waals surface area (Å²) in [7, 11) is 1.56. The quantitative estimate of drug-likeness (QED) is 0.671. The van der Waals surface area contributed by atoms with E-state index in [0.717, 1.165) is 0 Å². The molecule has 0 aliphatic heterocycles. The lowest BCUT2D eigenvalue weighted by molar-refractivity contribution is -0.115. The Balaban J connectivity index is 2.61. The zero-order chi connectivity index (χ0) is 15.1. The Hall–Kier alpha value is -1.40. The largest absolute Gasteiger partial charge is 0.497 e. The molecule has 4 N–H and O–H groups in total. The number of nitrogens with two attached hydrogens (primary N) is 1. The summed E-state index contributed by atoms with van der Waals surface area (Å²) < 4.78 is 5.06. The van der Waals surface area contributed by atoms with Crippen molar-refractivity contribution < 1.29 is 14.6 Å². The minimum Gasteiger partial charge on any atom is -0.497 e. The van der Waals surface area contributed by atoms with Gasteiger partial charge < -0.3 is 20.9 Å². The third kappa shape index (κ3) is 4.94. The third-order valence-electron chi connectivity index (χ3n) is 2.86. The van der Waals surface area contributed by atoms with E-state index in [0.29, 0.717) is 23.5 Å². The molecule has 0 radical (unpaired) electrons. The van der Waals surface area contributed by atoms with E-state index in [9.17, 15) is 4.79 Å². The summed E-state index contributed by atoms with van der Waals surface area (Å²) >= 11 is 1.53. The van der Waals surface area contributed by atoms with Crippen LogP contribution in [0.1, 0.15) is 20.3 Å². The van der Waals surface area contributed by atoms with Crippen LogP contribution >= 0.6 is 11.8 Å². The van der Waals surface area contributed by atoms with Crippen molar-refractivity contribution >= 4 is 29.0 Å². The summed E-state index contributed by atoms with van der Waals surface area (Å²) in [6.45, 7) is 3.97. The van der Waals surface area contributed by atoms with E-state index < -0.39 is 0 Å². The molecule has 1 rings (SSSR count). The maximum atomic E-state index is 12.1. The Bertz CT molecular complexity index is 454. The van der Waals surface area contributed by atoms with E-state index in [-0.39, 0.29) is 23.0 Å².